The highest BCUT2D eigenvalue weighted by Gasteiger charge is 2.30. The van der Waals surface area contributed by atoms with E-state index in [1.807, 2.05) is 6.34 Å². The van der Waals surface area contributed by atoms with E-state index < -0.39 is 0 Å². The van der Waals surface area contributed by atoms with Crippen molar-refractivity contribution in [3.8, 4) is 0 Å². The van der Waals surface area contributed by atoms with Crippen molar-refractivity contribution in [1.29, 1.82) is 0 Å². The molecule has 0 fully saturated rings. The van der Waals surface area contributed by atoms with Gasteiger partial charge in [-0.05, 0) is 18.3 Å². The van der Waals surface area contributed by atoms with Gasteiger partial charge in [-0.25, -0.2) is 0 Å². The molecule has 1 rings (SSSR count). The highest BCUT2D eigenvalue weighted by molar-refractivity contribution is 9.07. The summed E-state index contributed by atoms with van der Waals surface area (Å²) in [4.78, 5) is 0. The molecule has 3 nitrogen and oxygen atoms in total. The summed E-state index contributed by atoms with van der Waals surface area (Å²) in [5.74, 6) is 0. The fraction of sp³-hybridized carbons (Fsp3) is 0.923. The van der Waals surface area contributed by atoms with Gasteiger partial charge in [0, 0.05) is 6.54 Å². The number of halogens is 1. The van der Waals surface area contributed by atoms with E-state index in [2.05, 4.69) is 57.9 Å². The second-order valence-corrected chi connectivity index (χ2v) is 6.86. The number of hydrogen-bond acceptors (Lipinski definition) is 3. The zero-order valence-electron chi connectivity index (χ0n) is 11.6. The van der Waals surface area contributed by atoms with Gasteiger partial charge in [0.2, 0.25) is 0 Å². The average molecular weight is 304 g/mol. The molecule has 1 unspecified atom stereocenters. The lowest BCUT2D eigenvalue weighted by atomic mass is 9.90. The highest BCUT2D eigenvalue weighted by atomic mass is 79.9. The molecule has 0 amide bonds. The van der Waals surface area contributed by atoms with Crippen LogP contribution in [-0.2, 0) is 0 Å². The summed E-state index contributed by atoms with van der Waals surface area (Å²) in [5, 5.41) is 6.69. The SMILES string of the molecule is CCCCCCN1N=CN(Br)C1CC(C)(C)C. The van der Waals surface area contributed by atoms with Crippen molar-refractivity contribution in [3.05, 3.63) is 0 Å². The molecule has 1 aliphatic rings. The molecule has 0 aliphatic carbocycles. The van der Waals surface area contributed by atoms with E-state index >= 15 is 0 Å². The van der Waals surface area contributed by atoms with Gasteiger partial charge >= 0.3 is 0 Å². The topological polar surface area (TPSA) is 18.8 Å². The van der Waals surface area contributed by atoms with E-state index in [4.69, 9.17) is 0 Å². The third-order valence-corrected chi connectivity index (χ3v) is 3.63. The Labute approximate surface area is 115 Å². The van der Waals surface area contributed by atoms with E-state index in [9.17, 15) is 0 Å². The normalized spacial score (nSPS) is 20.4. The number of unbranched alkanes of at least 4 members (excludes halogenated alkanes) is 3. The van der Waals surface area contributed by atoms with Crippen molar-refractivity contribution in [3.63, 3.8) is 0 Å². The lowest BCUT2D eigenvalue weighted by Gasteiger charge is -2.32. The van der Waals surface area contributed by atoms with Crippen LogP contribution in [0, 0.1) is 5.41 Å². The predicted octanol–water partition coefficient (Wildman–Crippen LogP) is 4.20. The van der Waals surface area contributed by atoms with Crippen LogP contribution < -0.4 is 0 Å². The van der Waals surface area contributed by atoms with E-state index in [-0.39, 0.29) is 0 Å². The number of hydrazone groups is 1. The molecule has 0 spiro atoms. The summed E-state index contributed by atoms with van der Waals surface area (Å²) in [6.45, 7) is 10.2. The second-order valence-electron chi connectivity index (χ2n) is 6.04. The Bertz CT molecular complexity index is 248. The summed E-state index contributed by atoms with van der Waals surface area (Å²) in [6.07, 6.45) is 8.55. The molecule has 0 bridgehead atoms. The second kappa shape index (κ2) is 6.62. The van der Waals surface area contributed by atoms with Gasteiger partial charge in [-0.15, -0.1) is 0 Å². The molecule has 1 atom stereocenters. The first-order valence-corrected chi connectivity index (χ1v) is 7.40. The zero-order valence-corrected chi connectivity index (χ0v) is 13.2. The Balaban J connectivity index is 2.39. The van der Waals surface area contributed by atoms with E-state index in [0.717, 1.165) is 13.0 Å². The molecule has 4 heteroatoms. The van der Waals surface area contributed by atoms with Crippen molar-refractivity contribution >= 4 is 22.5 Å². The minimum atomic E-state index is 0.325. The fourth-order valence-electron chi connectivity index (χ4n) is 2.04. The Kier molecular flexibility index (Phi) is 5.77. The molecule has 17 heavy (non-hydrogen) atoms. The summed E-state index contributed by atoms with van der Waals surface area (Å²) in [7, 11) is 0. The quantitative estimate of drug-likeness (QED) is 0.541. The standard InChI is InChI=1S/C13H26BrN3/c1-5-6-7-8-9-17-12(10-13(2,3)4)16(14)11-15-17/h11-12H,5-10H2,1-4H3. The minimum absolute atomic E-state index is 0.325. The van der Waals surface area contributed by atoms with Crippen LogP contribution in [0.4, 0.5) is 0 Å². The number of nitrogens with zero attached hydrogens (tertiary/aromatic N) is 3. The van der Waals surface area contributed by atoms with Crippen LogP contribution in [0.2, 0.25) is 0 Å². The molecule has 0 saturated heterocycles. The van der Waals surface area contributed by atoms with Crippen molar-refractivity contribution in [2.45, 2.75) is 66.0 Å². The van der Waals surface area contributed by atoms with E-state index in [1.54, 1.807) is 0 Å². The van der Waals surface area contributed by atoms with Gasteiger partial charge in [0.05, 0.1) is 16.1 Å². The minimum Gasteiger partial charge on any atom is -0.274 e. The maximum Gasteiger partial charge on any atom is 0.130 e. The van der Waals surface area contributed by atoms with Crippen molar-refractivity contribution in [2.75, 3.05) is 6.54 Å². The number of hydrogen-bond donors (Lipinski definition) is 0. The molecule has 1 heterocycles. The predicted molar refractivity (Wildman–Crippen MR) is 78.0 cm³/mol. The van der Waals surface area contributed by atoms with Crippen molar-refractivity contribution in [2.24, 2.45) is 10.5 Å². The van der Waals surface area contributed by atoms with Crippen LogP contribution >= 0.6 is 16.1 Å². The summed E-state index contributed by atoms with van der Waals surface area (Å²) >= 11 is 3.56. The van der Waals surface area contributed by atoms with Gasteiger partial charge in [-0.1, -0.05) is 47.0 Å². The van der Waals surface area contributed by atoms with Crippen LogP contribution in [0.1, 0.15) is 59.8 Å². The molecule has 0 aromatic heterocycles. The van der Waals surface area contributed by atoms with Crippen LogP contribution in [0.3, 0.4) is 0 Å². The summed E-state index contributed by atoms with van der Waals surface area (Å²) in [5.41, 5.74) is 0.325. The molecule has 0 N–H and O–H groups in total. The van der Waals surface area contributed by atoms with E-state index in [1.165, 1.54) is 25.7 Å². The van der Waals surface area contributed by atoms with Crippen LogP contribution in [0.15, 0.2) is 5.10 Å². The molecular formula is C13H26BrN3. The third-order valence-electron chi connectivity index (χ3n) is 2.97. The van der Waals surface area contributed by atoms with Gasteiger partial charge in [0.15, 0.2) is 0 Å². The van der Waals surface area contributed by atoms with E-state index in [0.29, 0.717) is 11.6 Å². The Morgan fingerprint density at radius 2 is 1.94 bits per heavy atom. The first-order chi connectivity index (χ1) is 7.94. The van der Waals surface area contributed by atoms with Gasteiger partial charge in [0.25, 0.3) is 0 Å². The molecule has 0 saturated carbocycles. The molecule has 1 aliphatic heterocycles. The van der Waals surface area contributed by atoms with Gasteiger partial charge in [-0.3, -0.25) is 8.93 Å². The van der Waals surface area contributed by atoms with Gasteiger partial charge < -0.3 is 0 Å². The molecule has 0 aromatic carbocycles. The zero-order chi connectivity index (χ0) is 12.9. The smallest absolute Gasteiger partial charge is 0.130 e. The number of rotatable bonds is 6. The summed E-state index contributed by atoms with van der Waals surface area (Å²) < 4.78 is 2.05. The van der Waals surface area contributed by atoms with Crippen LogP contribution in [0.25, 0.3) is 0 Å². The Hall–Kier alpha value is -0.250. The molecule has 100 valence electrons. The van der Waals surface area contributed by atoms with Crippen LogP contribution in [0.5, 0.6) is 0 Å². The Morgan fingerprint density at radius 1 is 1.24 bits per heavy atom. The third kappa shape index (κ3) is 5.28. The fourth-order valence-corrected chi connectivity index (χ4v) is 2.48. The van der Waals surface area contributed by atoms with Gasteiger partial charge in [-0.2, -0.15) is 5.10 Å². The summed E-state index contributed by atoms with van der Waals surface area (Å²) in [6, 6.07) is 0. The first-order valence-electron chi connectivity index (χ1n) is 6.69. The lowest BCUT2D eigenvalue weighted by molar-refractivity contribution is 0.129. The monoisotopic (exact) mass is 303 g/mol. The highest BCUT2D eigenvalue weighted by Crippen LogP contribution is 2.29. The molecular weight excluding hydrogens is 278 g/mol. The van der Waals surface area contributed by atoms with Crippen molar-refractivity contribution in [1.82, 2.24) is 8.93 Å². The van der Waals surface area contributed by atoms with Crippen molar-refractivity contribution < 1.29 is 0 Å². The largest absolute Gasteiger partial charge is 0.274 e. The Morgan fingerprint density at radius 3 is 2.53 bits per heavy atom. The average Bonchev–Trinajstić information content (AvgIpc) is 2.54. The molecule has 0 aromatic rings. The van der Waals surface area contributed by atoms with Gasteiger partial charge in [0.1, 0.15) is 12.5 Å². The first kappa shape index (κ1) is 14.8. The molecule has 0 radical (unpaired) electrons. The van der Waals surface area contributed by atoms with Crippen LogP contribution in [-0.4, -0.2) is 28.0 Å². The maximum atomic E-state index is 4.47. The maximum absolute atomic E-state index is 4.47. The lowest BCUT2D eigenvalue weighted by Crippen LogP contribution is -2.38.